The average molecular weight is 580 g/mol. The Hall–Kier alpha value is -2.35. The highest BCUT2D eigenvalue weighted by atomic mass is 35.5. The molecule has 0 aliphatic carbocycles. The number of hydrogen-bond acceptors (Lipinski definition) is 9. The first-order valence-corrected chi connectivity index (χ1v) is 13.6. The van der Waals surface area contributed by atoms with Gasteiger partial charge < -0.3 is 23.7 Å². The molecule has 0 aliphatic heterocycles. The minimum absolute atomic E-state index is 0.00660. The van der Waals surface area contributed by atoms with Crippen molar-refractivity contribution in [3.63, 3.8) is 0 Å². The second-order valence-electron chi connectivity index (χ2n) is 7.73. The Labute approximate surface area is 227 Å². The zero-order chi connectivity index (χ0) is 27.4. The summed E-state index contributed by atoms with van der Waals surface area (Å²) in [7, 11) is -2.74. The average Bonchev–Trinajstić information content (AvgIpc) is 2.83. The first-order chi connectivity index (χ1) is 17.6. The molecule has 0 saturated carbocycles. The van der Waals surface area contributed by atoms with E-state index < -0.39 is 16.3 Å². The number of aromatic nitrogens is 1. The second kappa shape index (κ2) is 15.2. The van der Waals surface area contributed by atoms with E-state index in [1.54, 1.807) is 13.0 Å². The van der Waals surface area contributed by atoms with Crippen LogP contribution in [0.5, 0.6) is 23.1 Å². The molecule has 2 aromatic rings. The van der Waals surface area contributed by atoms with Crippen molar-refractivity contribution in [2.75, 3.05) is 40.0 Å². The van der Waals surface area contributed by atoms with E-state index in [2.05, 4.69) is 9.71 Å². The van der Waals surface area contributed by atoms with Gasteiger partial charge in [-0.1, -0.05) is 36.2 Å². The van der Waals surface area contributed by atoms with Crippen molar-refractivity contribution in [3.8, 4) is 23.1 Å². The summed E-state index contributed by atoms with van der Waals surface area (Å²) in [5.74, 6) is -0.0645. The number of carbonyl (C=O) groups is 1. The van der Waals surface area contributed by atoms with Gasteiger partial charge in [-0.2, -0.15) is 17.4 Å². The summed E-state index contributed by atoms with van der Waals surface area (Å²) in [4.78, 5) is 17.2. The first kappa shape index (κ1) is 30.9. The molecule has 37 heavy (non-hydrogen) atoms. The normalized spacial score (nSPS) is 11.4. The lowest BCUT2D eigenvalue weighted by Crippen LogP contribution is -2.47. The van der Waals surface area contributed by atoms with Gasteiger partial charge >= 0.3 is 16.3 Å². The topological polar surface area (TPSA) is 126 Å². The maximum Gasteiger partial charge on any atom is 0.430 e. The van der Waals surface area contributed by atoms with E-state index in [1.807, 2.05) is 13.8 Å². The van der Waals surface area contributed by atoms with E-state index in [4.69, 9.17) is 46.9 Å². The highest BCUT2D eigenvalue weighted by molar-refractivity contribution is 7.87. The van der Waals surface area contributed by atoms with Crippen LogP contribution in [-0.2, 0) is 19.7 Å². The molecule has 206 valence electrons. The molecular formula is C23H31Cl2N3O8S. The van der Waals surface area contributed by atoms with Gasteiger partial charge in [-0.3, -0.25) is 0 Å². The van der Waals surface area contributed by atoms with Crippen molar-refractivity contribution in [1.29, 1.82) is 0 Å². The van der Waals surface area contributed by atoms with Crippen LogP contribution in [0.25, 0.3) is 0 Å². The third kappa shape index (κ3) is 9.80. The van der Waals surface area contributed by atoms with Gasteiger partial charge in [0.25, 0.3) is 0 Å². The van der Waals surface area contributed by atoms with Crippen molar-refractivity contribution in [2.24, 2.45) is 0 Å². The van der Waals surface area contributed by atoms with Crippen molar-refractivity contribution >= 4 is 39.5 Å². The summed E-state index contributed by atoms with van der Waals surface area (Å²) in [5.41, 5.74) is 0. The number of carbonyl (C=O) groups excluding carboxylic acids is 1. The van der Waals surface area contributed by atoms with Gasteiger partial charge in [0.1, 0.15) is 11.6 Å². The molecule has 2 rings (SSSR count). The summed E-state index contributed by atoms with van der Waals surface area (Å²) in [6.07, 6.45) is 0.440. The van der Waals surface area contributed by atoms with Crippen LogP contribution in [-0.4, -0.2) is 69.9 Å². The van der Waals surface area contributed by atoms with E-state index in [9.17, 15) is 13.2 Å². The number of nitrogens with zero attached hydrogens (tertiary/aromatic N) is 2. The molecule has 0 unspecified atom stereocenters. The van der Waals surface area contributed by atoms with Crippen molar-refractivity contribution in [1.82, 2.24) is 14.0 Å². The summed E-state index contributed by atoms with van der Waals surface area (Å²) in [6.45, 7) is 5.73. The zero-order valence-electron chi connectivity index (χ0n) is 21.0. The van der Waals surface area contributed by atoms with E-state index in [0.717, 1.165) is 0 Å². The number of benzene rings is 1. The molecule has 1 heterocycles. The minimum atomic E-state index is -4.24. The standard InChI is InChI=1S/C23H31Cl2N3O8S/c1-5-10-28(37(30,31)27-9-11-33-16(2)3)23(29)36-21-19(34-13-12-32-4)7-6-8-20(21)35-22-18(25)14-17(24)15-26-22/h6-8,14-16,27H,5,9-13H2,1-4H3. The quantitative estimate of drug-likeness (QED) is 0.299. The first-order valence-electron chi connectivity index (χ1n) is 11.4. The molecule has 1 aromatic carbocycles. The second-order valence-corrected chi connectivity index (χ2v) is 10.2. The number of amides is 1. The van der Waals surface area contributed by atoms with Crippen molar-refractivity contribution in [2.45, 2.75) is 33.3 Å². The Balaban J connectivity index is 2.35. The van der Waals surface area contributed by atoms with Gasteiger partial charge in [-0.05, 0) is 38.5 Å². The smallest absolute Gasteiger partial charge is 0.430 e. The van der Waals surface area contributed by atoms with Crippen LogP contribution in [0.3, 0.4) is 0 Å². The lowest BCUT2D eigenvalue weighted by atomic mass is 10.3. The maximum absolute atomic E-state index is 13.1. The summed E-state index contributed by atoms with van der Waals surface area (Å²) >= 11 is 12.1. The Morgan fingerprint density at radius 1 is 1.16 bits per heavy atom. The molecule has 14 heteroatoms. The largest absolute Gasteiger partial charge is 0.487 e. The molecule has 0 aliphatic rings. The van der Waals surface area contributed by atoms with E-state index in [1.165, 1.54) is 31.5 Å². The Kier molecular flexibility index (Phi) is 12.6. The lowest BCUT2D eigenvalue weighted by molar-refractivity contribution is 0.0831. The number of nitrogens with one attached hydrogen (secondary N) is 1. The highest BCUT2D eigenvalue weighted by Gasteiger charge is 2.30. The maximum atomic E-state index is 13.1. The van der Waals surface area contributed by atoms with Crippen molar-refractivity contribution < 1.29 is 36.9 Å². The van der Waals surface area contributed by atoms with Crippen LogP contribution in [0.2, 0.25) is 10.0 Å². The monoisotopic (exact) mass is 579 g/mol. The zero-order valence-corrected chi connectivity index (χ0v) is 23.4. The number of methoxy groups -OCH3 is 1. The molecule has 0 saturated heterocycles. The Morgan fingerprint density at radius 2 is 1.89 bits per heavy atom. The number of rotatable bonds is 15. The Bertz CT molecular complexity index is 1130. The Morgan fingerprint density at radius 3 is 2.54 bits per heavy atom. The third-order valence-corrected chi connectivity index (χ3v) is 6.37. The molecular weight excluding hydrogens is 549 g/mol. The molecule has 0 fully saturated rings. The number of para-hydroxylation sites is 1. The van der Waals surface area contributed by atoms with Crippen LogP contribution in [0.15, 0.2) is 30.5 Å². The van der Waals surface area contributed by atoms with Crippen molar-refractivity contribution in [3.05, 3.63) is 40.5 Å². The van der Waals surface area contributed by atoms with Gasteiger partial charge in [0, 0.05) is 26.4 Å². The number of pyridine rings is 1. The number of ether oxygens (including phenoxy) is 5. The van der Waals surface area contributed by atoms with Gasteiger partial charge in [0.15, 0.2) is 11.5 Å². The highest BCUT2D eigenvalue weighted by Crippen LogP contribution is 2.41. The molecule has 0 atom stereocenters. The van der Waals surface area contributed by atoms with Crippen LogP contribution in [0.1, 0.15) is 27.2 Å². The molecule has 1 amide bonds. The summed E-state index contributed by atoms with van der Waals surface area (Å²) < 4.78 is 56.1. The molecule has 1 aromatic heterocycles. The molecule has 0 radical (unpaired) electrons. The van der Waals surface area contributed by atoms with Gasteiger partial charge in [0.2, 0.25) is 11.6 Å². The van der Waals surface area contributed by atoms with Gasteiger partial charge in [0.05, 0.1) is 24.3 Å². The lowest BCUT2D eigenvalue weighted by Gasteiger charge is -2.23. The SMILES string of the molecule is CCCN(C(=O)Oc1c(OCCOC)cccc1Oc1ncc(Cl)cc1Cl)S(=O)(=O)NCCOC(C)C. The molecule has 0 bridgehead atoms. The molecule has 1 N–H and O–H groups in total. The van der Waals surface area contributed by atoms with Crippen LogP contribution in [0, 0.1) is 0 Å². The van der Waals surface area contributed by atoms with Gasteiger partial charge in [-0.25, -0.2) is 9.78 Å². The summed E-state index contributed by atoms with van der Waals surface area (Å²) in [5, 5.41) is 0.408. The number of hydrogen-bond donors (Lipinski definition) is 1. The van der Waals surface area contributed by atoms with E-state index in [-0.39, 0.29) is 67.2 Å². The predicted molar refractivity (Wildman–Crippen MR) is 139 cm³/mol. The van der Waals surface area contributed by atoms with Crippen LogP contribution in [0.4, 0.5) is 4.79 Å². The fraction of sp³-hybridized carbons (Fsp3) is 0.478. The van der Waals surface area contributed by atoms with E-state index >= 15 is 0 Å². The third-order valence-electron chi connectivity index (χ3n) is 4.42. The fourth-order valence-electron chi connectivity index (χ4n) is 2.80. The van der Waals surface area contributed by atoms with Crippen LogP contribution < -0.4 is 18.9 Å². The molecule has 0 spiro atoms. The van der Waals surface area contributed by atoms with Gasteiger partial charge in [-0.15, -0.1) is 0 Å². The van der Waals surface area contributed by atoms with Crippen LogP contribution >= 0.6 is 23.2 Å². The van der Waals surface area contributed by atoms with E-state index in [0.29, 0.717) is 15.7 Å². The predicted octanol–water partition coefficient (Wildman–Crippen LogP) is 4.68. The number of halogens is 2. The molecule has 11 nitrogen and oxygen atoms in total. The minimum Gasteiger partial charge on any atom is -0.487 e. The fourth-order valence-corrected chi connectivity index (χ4v) is 4.37. The summed E-state index contributed by atoms with van der Waals surface area (Å²) in [6, 6.07) is 6.04.